The Labute approximate surface area is 105 Å². The summed E-state index contributed by atoms with van der Waals surface area (Å²) >= 11 is 0. The Bertz CT molecular complexity index is 559. The molecule has 3 nitrogen and oxygen atoms in total. The van der Waals surface area contributed by atoms with Crippen molar-refractivity contribution in [2.75, 3.05) is 0 Å². The summed E-state index contributed by atoms with van der Waals surface area (Å²) in [6, 6.07) is 9.73. The normalized spacial score (nSPS) is 14.2. The molecule has 0 atom stereocenters. The van der Waals surface area contributed by atoms with Gasteiger partial charge in [0.15, 0.2) is 6.29 Å². The molecule has 3 rings (SSSR count). The monoisotopic (exact) mass is 239 g/mol. The number of pyridine rings is 1. The molecule has 0 saturated heterocycles. The van der Waals surface area contributed by atoms with Crippen LogP contribution in [0.3, 0.4) is 0 Å². The SMILES string of the molecule is O=Cc1cncc(-c2ccc(OC3CC3)cc2)c1. The van der Waals surface area contributed by atoms with E-state index in [1.54, 1.807) is 12.4 Å². The number of aromatic nitrogens is 1. The summed E-state index contributed by atoms with van der Waals surface area (Å²) in [5, 5.41) is 0. The summed E-state index contributed by atoms with van der Waals surface area (Å²) in [6.45, 7) is 0. The zero-order chi connectivity index (χ0) is 12.4. The van der Waals surface area contributed by atoms with Gasteiger partial charge in [0.2, 0.25) is 0 Å². The number of ether oxygens (including phenoxy) is 1. The highest BCUT2D eigenvalue weighted by Gasteiger charge is 2.23. The molecule has 0 unspecified atom stereocenters. The van der Waals surface area contributed by atoms with Crippen LogP contribution in [-0.4, -0.2) is 17.4 Å². The van der Waals surface area contributed by atoms with Crippen molar-refractivity contribution >= 4 is 6.29 Å². The minimum Gasteiger partial charge on any atom is -0.490 e. The molecule has 0 bridgehead atoms. The average Bonchev–Trinajstić information content (AvgIpc) is 3.24. The zero-order valence-electron chi connectivity index (χ0n) is 9.87. The predicted molar refractivity (Wildman–Crippen MR) is 68.7 cm³/mol. The van der Waals surface area contributed by atoms with E-state index in [-0.39, 0.29) is 0 Å². The average molecular weight is 239 g/mol. The number of nitrogens with zero attached hydrogens (tertiary/aromatic N) is 1. The minimum absolute atomic E-state index is 0.413. The molecule has 0 aliphatic heterocycles. The summed E-state index contributed by atoms with van der Waals surface area (Å²) < 4.78 is 5.69. The van der Waals surface area contributed by atoms with Gasteiger partial charge < -0.3 is 4.74 Å². The Balaban J connectivity index is 1.83. The smallest absolute Gasteiger partial charge is 0.151 e. The van der Waals surface area contributed by atoms with Gasteiger partial charge in [0.25, 0.3) is 0 Å². The number of carbonyl (C=O) groups excluding carboxylic acids is 1. The van der Waals surface area contributed by atoms with Crippen LogP contribution in [0.5, 0.6) is 5.75 Å². The van der Waals surface area contributed by atoms with Gasteiger partial charge in [0, 0.05) is 23.5 Å². The second-order valence-electron chi connectivity index (χ2n) is 4.47. The lowest BCUT2D eigenvalue weighted by Gasteiger charge is -2.06. The molecule has 1 aromatic heterocycles. The number of carbonyl (C=O) groups is 1. The maximum atomic E-state index is 10.7. The Morgan fingerprint density at radius 2 is 1.89 bits per heavy atom. The van der Waals surface area contributed by atoms with E-state index in [0.717, 1.165) is 36.0 Å². The molecular formula is C15H13NO2. The summed E-state index contributed by atoms with van der Waals surface area (Å²) in [6.07, 6.45) is 6.85. The first-order chi connectivity index (χ1) is 8.85. The second-order valence-corrected chi connectivity index (χ2v) is 4.47. The number of rotatable bonds is 4. The Morgan fingerprint density at radius 3 is 2.56 bits per heavy atom. The molecule has 3 heteroatoms. The van der Waals surface area contributed by atoms with E-state index >= 15 is 0 Å². The quantitative estimate of drug-likeness (QED) is 0.769. The fourth-order valence-corrected chi connectivity index (χ4v) is 1.78. The summed E-state index contributed by atoms with van der Waals surface area (Å²) in [7, 11) is 0. The third-order valence-corrected chi connectivity index (χ3v) is 2.91. The van der Waals surface area contributed by atoms with Gasteiger partial charge in [0.1, 0.15) is 5.75 Å². The maximum absolute atomic E-state index is 10.7. The molecule has 1 saturated carbocycles. The van der Waals surface area contributed by atoms with E-state index in [9.17, 15) is 4.79 Å². The van der Waals surface area contributed by atoms with E-state index in [0.29, 0.717) is 11.7 Å². The van der Waals surface area contributed by atoms with Gasteiger partial charge in [-0.05, 0) is 36.6 Å². The highest BCUT2D eigenvalue weighted by atomic mass is 16.5. The molecule has 2 aromatic rings. The molecule has 0 spiro atoms. The van der Waals surface area contributed by atoms with Crippen molar-refractivity contribution in [1.29, 1.82) is 0 Å². The lowest BCUT2D eigenvalue weighted by molar-refractivity contribution is 0.112. The number of hydrogen-bond acceptors (Lipinski definition) is 3. The van der Waals surface area contributed by atoms with Crippen molar-refractivity contribution in [2.45, 2.75) is 18.9 Å². The second kappa shape index (κ2) is 4.61. The predicted octanol–water partition coefficient (Wildman–Crippen LogP) is 3.10. The molecule has 90 valence electrons. The summed E-state index contributed by atoms with van der Waals surface area (Å²) in [4.78, 5) is 14.8. The largest absolute Gasteiger partial charge is 0.490 e. The van der Waals surface area contributed by atoms with E-state index in [4.69, 9.17) is 4.74 Å². The van der Waals surface area contributed by atoms with Crippen LogP contribution in [0.2, 0.25) is 0 Å². The first-order valence-corrected chi connectivity index (χ1v) is 6.02. The van der Waals surface area contributed by atoms with Gasteiger partial charge in [-0.2, -0.15) is 0 Å². The van der Waals surface area contributed by atoms with Crippen molar-refractivity contribution < 1.29 is 9.53 Å². The van der Waals surface area contributed by atoms with Crippen LogP contribution in [0.1, 0.15) is 23.2 Å². The zero-order valence-corrected chi connectivity index (χ0v) is 9.87. The first-order valence-electron chi connectivity index (χ1n) is 6.02. The van der Waals surface area contributed by atoms with Crippen LogP contribution >= 0.6 is 0 Å². The molecule has 0 N–H and O–H groups in total. The minimum atomic E-state index is 0.413. The fraction of sp³-hybridized carbons (Fsp3) is 0.200. The van der Waals surface area contributed by atoms with E-state index in [1.165, 1.54) is 0 Å². The van der Waals surface area contributed by atoms with Crippen LogP contribution < -0.4 is 4.74 Å². The summed E-state index contributed by atoms with van der Waals surface area (Å²) in [5.41, 5.74) is 2.57. The standard InChI is InChI=1S/C15H13NO2/c17-10-11-7-13(9-16-8-11)12-1-3-14(4-2-12)18-15-5-6-15/h1-4,7-10,15H,5-6H2. The van der Waals surface area contributed by atoms with Crippen molar-refractivity contribution in [3.05, 3.63) is 48.3 Å². The molecule has 1 aliphatic rings. The van der Waals surface area contributed by atoms with Gasteiger partial charge in [-0.3, -0.25) is 9.78 Å². The molecule has 0 amide bonds. The highest BCUT2D eigenvalue weighted by molar-refractivity contribution is 5.77. The molecule has 1 fully saturated rings. The Morgan fingerprint density at radius 1 is 1.11 bits per heavy atom. The van der Waals surface area contributed by atoms with E-state index in [2.05, 4.69) is 4.98 Å². The maximum Gasteiger partial charge on any atom is 0.151 e. The lowest BCUT2D eigenvalue weighted by atomic mass is 10.1. The van der Waals surface area contributed by atoms with Crippen molar-refractivity contribution in [3.8, 4) is 16.9 Å². The Kier molecular flexibility index (Phi) is 2.81. The number of benzene rings is 1. The van der Waals surface area contributed by atoms with Crippen LogP contribution in [-0.2, 0) is 0 Å². The van der Waals surface area contributed by atoms with Gasteiger partial charge >= 0.3 is 0 Å². The first kappa shape index (κ1) is 11.0. The highest BCUT2D eigenvalue weighted by Crippen LogP contribution is 2.28. The van der Waals surface area contributed by atoms with Gasteiger partial charge in [-0.15, -0.1) is 0 Å². The third kappa shape index (κ3) is 2.40. The van der Waals surface area contributed by atoms with Gasteiger partial charge in [0.05, 0.1) is 6.10 Å². The van der Waals surface area contributed by atoms with Crippen LogP contribution in [0.4, 0.5) is 0 Å². The van der Waals surface area contributed by atoms with Gasteiger partial charge in [-0.25, -0.2) is 0 Å². The van der Waals surface area contributed by atoms with E-state index < -0.39 is 0 Å². The van der Waals surface area contributed by atoms with Crippen molar-refractivity contribution in [1.82, 2.24) is 4.98 Å². The number of aldehydes is 1. The molecule has 1 heterocycles. The topological polar surface area (TPSA) is 39.2 Å². The lowest BCUT2D eigenvalue weighted by Crippen LogP contribution is -1.95. The molecule has 18 heavy (non-hydrogen) atoms. The Hall–Kier alpha value is -2.16. The van der Waals surface area contributed by atoms with Gasteiger partial charge in [-0.1, -0.05) is 12.1 Å². The summed E-state index contributed by atoms with van der Waals surface area (Å²) in [5.74, 6) is 0.903. The molecular weight excluding hydrogens is 226 g/mol. The van der Waals surface area contributed by atoms with Crippen LogP contribution in [0, 0.1) is 0 Å². The van der Waals surface area contributed by atoms with E-state index in [1.807, 2.05) is 30.3 Å². The number of hydrogen-bond donors (Lipinski definition) is 0. The van der Waals surface area contributed by atoms with Crippen LogP contribution in [0.15, 0.2) is 42.7 Å². The molecule has 1 aromatic carbocycles. The van der Waals surface area contributed by atoms with Crippen molar-refractivity contribution in [3.63, 3.8) is 0 Å². The molecule has 0 radical (unpaired) electrons. The fourth-order valence-electron chi connectivity index (χ4n) is 1.78. The third-order valence-electron chi connectivity index (χ3n) is 2.91. The molecule has 1 aliphatic carbocycles. The van der Waals surface area contributed by atoms with Crippen molar-refractivity contribution in [2.24, 2.45) is 0 Å². The van der Waals surface area contributed by atoms with Crippen LogP contribution in [0.25, 0.3) is 11.1 Å².